The third kappa shape index (κ3) is 2.73. The first-order valence-electron chi connectivity index (χ1n) is 7.41. The van der Waals surface area contributed by atoms with Crippen molar-refractivity contribution < 1.29 is 9.13 Å². The molecule has 0 bridgehead atoms. The Labute approximate surface area is 125 Å². The molecule has 2 aromatic carbocycles. The number of benzene rings is 2. The van der Waals surface area contributed by atoms with Gasteiger partial charge in [0.15, 0.2) is 11.6 Å². The quantitative estimate of drug-likeness (QED) is 0.878. The summed E-state index contributed by atoms with van der Waals surface area (Å²) in [5, 5.41) is 3.57. The van der Waals surface area contributed by atoms with E-state index in [0.717, 1.165) is 18.5 Å². The van der Waals surface area contributed by atoms with Crippen LogP contribution in [0.3, 0.4) is 0 Å². The molecule has 0 atom stereocenters. The summed E-state index contributed by atoms with van der Waals surface area (Å²) >= 11 is 0. The zero-order chi connectivity index (χ0) is 14.7. The van der Waals surface area contributed by atoms with Gasteiger partial charge in [0.05, 0.1) is 12.6 Å². The molecule has 2 nitrogen and oxygen atoms in total. The van der Waals surface area contributed by atoms with Gasteiger partial charge < -0.3 is 10.1 Å². The number of anilines is 1. The lowest BCUT2D eigenvalue weighted by molar-refractivity contribution is 0.386. The average molecular weight is 285 g/mol. The van der Waals surface area contributed by atoms with Crippen LogP contribution in [0.5, 0.6) is 5.75 Å². The maximum Gasteiger partial charge on any atom is 0.167 e. The van der Waals surface area contributed by atoms with Crippen LogP contribution in [-0.4, -0.2) is 7.11 Å². The van der Waals surface area contributed by atoms with Crippen LogP contribution in [0, 0.1) is 5.82 Å². The molecular weight excluding hydrogens is 265 g/mol. The standard InChI is InChI=1S/C18H20FNO/c1-21-17-10-9-15(13-16(17)19)20-18(11-5-6-12-18)14-7-3-2-4-8-14/h2-4,7-10,13,20H,5-6,11-12H2,1H3. The second kappa shape index (κ2) is 5.76. The third-order valence-electron chi connectivity index (χ3n) is 4.32. The Hall–Kier alpha value is -2.03. The maximum absolute atomic E-state index is 13.9. The Morgan fingerprint density at radius 3 is 2.38 bits per heavy atom. The SMILES string of the molecule is COc1ccc(NC2(c3ccccc3)CCCC2)cc1F. The number of halogens is 1. The monoisotopic (exact) mass is 285 g/mol. The molecule has 0 heterocycles. The minimum absolute atomic E-state index is 0.0811. The van der Waals surface area contributed by atoms with Gasteiger partial charge in [0.25, 0.3) is 0 Å². The Bertz CT molecular complexity index is 606. The van der Waals surface area contributed by atoms with E-state index < -0.39 is 0 Å². The van der Waals surface area contributed by atoms with Gasteiger partial charge in [0.2, 0.25) is 0 Å². The molecule has 0 saturated heterocycles. The number of hydrogen-bond donors (Lipinski definition) is 1. The Morgan fingerprint density at radius 2 is 1.76 bits per heavy atom. The molecule has 3 rings (SSSR count). The van der Waals surface area contributed by atoms with E-state index in [9.17, 15) is 4.39 Å². The smallest absolute Gasteiger partial charge is 0.167 e. The fourth-order valence-corrected chi connectivity index (χ4v) is 3.24. The van der Waals surface area contributed by atoms with Gasteiger partial charge in [-0.1, -0.05) is 43.2 Å². The van der Waals surface area contributed by atoms with E-state index in [4.69, 9.17) is 4.74 Å². The lowest BCUT2D eigenvalue weighted by Crippen LogP contribution is -2.32. The predicted octanol–water partition coefficient (Wildman–Crippen LogP) is 4.72. The van der Waals surface area contributed by atoms with E-state index in [0.29, 0.717) is 0 Å². The molecule has 0 amide bonds. The summed E-state index contributed by atoms with van der Waals surface area (Å²) < 4.78 is 18.9. The lowest BCUT2D eigenvalue weighted by Gasteiger charge is -2.32. The summed E-state index contributed by atoms with van der Waals surface area (Å²) in [6.45, 7) is 0. The van der Waals surface area contributed by atoms with Gasteiger partial charge in [-0.15, -0.1) is 0 Å². The molecule has 2 aromatic rings. The third-order valence-corrected chi connectivity index (χ3v) is 4.32. The summed E-state index contributed by atoms with van der Waals surface area (Å²) in [6, 6.07) is 15.5. The highest BCUT2D eigenvalue weighted by Gasteiger charge is 2.35. The largest absolute Gasteiger partial charge is 0.494 e. The molecule has 0 unspecified atom stereocenters. The van der Waals surface area contributed by atoms with Gasteiger partial charge in [-0.05, 0) is 30.5 Å². The Balaban J connectivity index is 1.91. The molecule has 0 spiro atoms. The van der Waals surface area contributed by atoms with Crippen LogP contribution in [0.4, 0.5) is 10.1 Å². The molecule has 0 aliphatic heterocycles. The maximum atomic E-state index is 13.9. The fourth-order valence-electron chi connectivity index (χ4n) is 3.24. The molecule has 0 aromatic heterocycles. The van der Waals surface area contributed by atoms with E-state index in [1.165, 1.54) is 31.6 Å². The van der Waals surface area contributed by atoms with E-state index in [-0.39, 0.29) is 17.1 Å². The highest BCUT2D eigenvalue weighted by molar-refractivity contribution is 5.51. The van der Waals surface area contributed by atoms with E-state index in [2.05, 4.69) is 29.6 Å². The van der Waals surface area contributed by atoms with Gasteiger partial charge in [-0.3, -0.25) is 0 Å². The molecule has 110 valence electrons. The summed E-state index contributed by atoms with van der Waals surface area (Å²) in [7, 11) is 1.48. The van der Waals surface area contributed by atoms with Crippen LogP contribution in [0.25, 0.3) is 0 Å². The van der Waals surface area contributed by atoms with Crippen molar-refractivity contribution in [2.45, 2.75) is 31.2 Å². The predicted molar refractivity (Wildman–Crippen MR) is 83.2 cm³/mol. The second-order valence-electron chi connectivity index (χ2n) is 5.63. The summed E-state index contributed by atoms with van der Waals surface area (Å²) in [6.07, 6.45) is 4.54. The van der Waals surface area contributed by atoms with Crippen LogP contribution in [-0.2, 0) is 5.54 Å². The molecular formula is C18H20FNO. The second-order valence-corrected chi connectivity index (χ2v) is 5.63. The zero-order valence-electron chi connectivity index (χ0n) is 12.2. The van der Waals surface area contributed by atoms with Gasteiger partial charge in [0.1, 0.15) is 0 Å². The number of methoxy groups -OCH3 is 1. The first-order valence-corrected chi connectivity index (χ1v) is 7.41. The highest BCUT2D eigenvalue weighted by Crippen LogP contribution is 2.41. The van der Waals surface area contributed by atoms with Crippen molar-refractivity contribution in [1.29, 1.82) is 0 Å². The normalized spacial score (nSPS) is 16.7. The highest BCUT2D eigenvalue weighted by atomic mass is 19.1. The van der Waals surface area contributed by atoms with Crippen molar-refractivity contribution in [2.24, 2.45) is 0 Å². The molecule has 1 saturated carbocycles. The van der Waals surface area contributed by atoms with Crippen molar-refractivity contribution in [2.75, 3.05) is 12.4 Å². The fraction of sp³-hybridized carbons (Fsp3) is 0.333. The van der Waals surface area contributed by atoms with Crippen molar-refractivity contribution in [3.63, 3.8) is 0 Å². The van der Waals surface area contributed by atoms with Crippen LogP contribution in [0.1, 0.15) is 31.2 Å². The molecule has 3 heteroatoms. The Kier molecular flexibility index (Phi) is 3.82. The Morgan fingerprint density at radius 1 is 1.05 bits per heavy atom. The van der Waals surface area contributed by atoms with E-state index in [1.54, 1.807) is 6.07 Å². The molecule has 1 fully saturated rings. The lowest BCUT2D eigenvalue weighted by atomic mass is 9.88. The summed E-state index contributed by atoms with van der Waals surface area (Å²) in [5.74, 6) is -0.0514. The zero-order valence-corrected chi connectivity index (χ0v) is 12.2. The van der Waals surface area contributed by atoms with Crippen molar-refractivity contribution in [3.05, 3.63) is 59.9 Å². The van der Waals surface area contributed by atoms with Gasteiger partial charge >= 0.3 is 0 Å². The average Bonchev–Trinajstić information content (AvgIpc) is 2.98. The molecule has 1 aliphatic carbocycles. The van der Waals surface area contributed by atoms with Gasteiger partial charge in [0, 0.05) is 11.8 Å². The minimum atomic E-state index is -0.330. The molecule has 21 heavy (non-hydrogen) atoms. The van der Waals surface area contributed by atoms with Crippen molar-refractivity contribution >= 4 is 5.69 Å². The van der Waals surface area contributed by atoms with Crippen molar-refractivity contribution in [1.82, 2.24) is 0 Å². The van der Waals surface area contributed by atoms with Crippen LogP contribution in [0.2, 0.25) is 0 Å². The molecule has 1 N–H and O–H groups in total. The molecule has 1 aliphatic rings. The number of nitrogens with one attached hydrogen (secondary N) is 1. The summed E-state index contributed by atoms with van der Waals surface area (Å²) in [5.41, 5.74) is 2.00. The van der Waals surface area contributed by atoms with Crippen molar-refractivity contribution in [3.8, 4) is 5.75 Å². The number of ether oxygens (including phenoxy) is 1. The van der Waals surface area contributed by atoms with Crippen LogP contribution < -0.4 is 10.1 Å². The van der Waals surface area contributed by atoms with Gasteiger partial charge in [-0.25, -0.2) is 4.39 Å². The minimum Gasteiger partial charge on any atom is -0.494 e. The first-order chi connectivity index (χ1) is 10.2. The number of hydrogen-bond acceptors (Lipinski definition) is 2. The van der Waals surface area contributed by atoms with E-state index in [1.807, 2.05) is 12.1 Å². The topological polar surface area (TPSA) is 21.3 Å². The van der Waals surface area contributed by atoms with Gasteiger partial charge in [-0.2, -0.15) is 0 Å². The van der Waals surface area contributed by atoms with Crippen LogP contribution in [0.15, 0.2) is 48.5 Å². The van der Waals surface area contributed by atoms with Crippen LogP contribution >= 0.6 is 0 Å². The molecule has 0 radical (unpaired) electrons. The van der Waals surface area contributed by atoms with E-state index >= 15 is 0 Å². The number of rotatable bonds is 4. The summed E-state index contributed by atoms with van der Waals surface area (Å²) in [4.78, 5) is 0. The first kappa shape index (κ1) is 13.9.